The first-order chi connectivity index (χ1) is 12.3. The maximum atomic E-state index is 12.4. The fraction of sp³-hybridized carbons (Fsp3) is 0. The van der Waals surface area contributed by atoms with E-state index in [0.29, 0.717) is 11.1 Å². The van der Waals surface area contributed by atoms with Crippen LogP contribution >= 0.6 is 0 Å². The van der Waals surface area contributed by atoms with Crippen LogP contribution in [0.1, 0.15) is 27.0 Å². The van der Waals surface area contributed by atoms with Gasteiger partial charge >= 0.3 is 0 Å². The minimum atomic E-state index is -0.145. The molecule has 2 nitrogen and oxygen atoms in total. The molecule has 0 fully saturated rings. The van der Waals surface area contributed by atoms with E-state index in [4.69, 9.17) is 5.26 Å². The van der Waals surface area contributed by atoms with Gasteiger partial charge in [-0.1, -0.05) is 60.7 Å². The fourth-order valence-electron chi connectivity index (χ4n) is 2.47. The number of carbonyl (C=O) groups excluding carboxylic acids is 1. The summed E-state index contributed by atoms with van der Waals surface area (Å²) in [5, 5.41) is 8.84. The van der Waals surface area contributed by atoms with E-state index in [1.807, 2.05) is 66.7 Å². The summed E-state index contributed by atoms with van der Waals surface area (Å²) in [7, 11) is 0. The Morgan fingerprint density at radius 2 is 1.24 bits per heavy atom. The van der Waals surface area contributed by atoms with E-state index in [2.05, 4.69) is 5.73 Å². The van der Waals surface area contributed by atoms with Gasteiger partial charge in [0, 0.05) is 17.2 Å². The standard InChI is InChI=1S/C23H15NO/c24-17-18-11-13-21(14-12-18)23(25)16-15-22(19-7-3-1-4-8-19)20-9-5-2-6-10-20/h1-14,16H. The summed E-state index contributed by atoms with van der Waals surface area (Å²) < 4.78 is 0. The second-order valence-corrected chi connectivity index (χ2v) is 5.45. The summed E-state index contributed by atoms with van der Waals surface area (Å²) in [6, 6.07) is 28.4. The van der Waals surface area contributed by atoms with Crippen molar-refractivity contribution >= 4 is 11.4 Å². The zero-order valence-corrected chi connectivity index (χ0v) is 13.5. The molecular formula is C23H15NO. The van der Waals surface area contributed by atoms with Crippen LogP contribution in [-0.2, 0) is 0 Å². The Bertz CT molecular complexity index is 930. The maximum absolute atomic E-state index is 12.4. The van der Waals surface area contributed by atoms with Crippen molar-refractivity contribution in [1.82, 2.24) is 0 Å². The molecule has 0 unspecified atom stereocenters. The van der Waals surface area contributed by atoms with Crippen LogP contribution in [0.3, 0.4) is 0 Å². The molecule has 3 aromatic rings. The average Bonchev–Trinajstić information content (AvgIpc) is 2.70. The van der Waals surface area contributed by atoms with Crippen molar-refractivity contribution in [3.8, 4) is 6.07 Å². The van der Waals surface area contributed by atoms with Crippen molar-refractivity contribution in [3.63, 3.8) is 0 Å². The molecule has 0 radical (unpaired) electrons. The molecule has 0 aromatic heterocycles. The predicted molar refractivity (Wildman–Crippen MR) is 99.0 cm³/mol. The zero-order chi connectivity index (χ0) is 17.5. The van der Waals surface area contributed by atoms with E-state index >= 15 is 0 Å². The van der Waals surface area contributed by atoms with Crippen LogP contribution in [0.2, 0.25) is 0 Å². The van der Waals surface area contributed by atoms with Crippen molar-refractivity contribution in [2.75, 3.05) is 0 Å². The highest BCUT2D eigenvalue weighted by Gasteiger charge is 2.05. The summed E-state index contributed by atoms with van der Waals surface area (Å²) >= 11 is 0. The summed E-state index contributed by atoms with van der Waals surface area (Å²) in [6.07, 6.45) is 1.46. The van der Waals surface area contributed by atoms with Gasteiger partial charge in [-0.25, -0.2) is 0 Å². The minimum absolute atomic E-state index is 0.145. The highest BCUT2D eigenvalue weighted by molar-refractivity contribution is 6.05. The summed E-state index contributed by atoms with van der Waals surface area (Å²) in [6.45, 7) is 0. The molecule has 0 heterocycles. The molecule has 2 heteroatoms. The quantitative estimate of drug-likeness (QED) is 0.384. The van der Waals surface area contributed by atoms with Crippen LogP contribution in [0.4, 0.5) is 0 Å². The lowest BCUT2D eigenvalue weighted by molar-refractivity contribution is 0.104. The Hall–Kier alpha value is -3.66. The number of ketones is 1. The number of nitriles is 1. The van der Waals surface area contributed by atoms with E-state index < -0.39 is 0 Å². The molecule has 0 bridgehead atoms. The van der Waals surface area contributed by atoms with Crippen LogP contribution in [0.25, 0.3) is 5.57 Å². The molecule has 0 aliphatic carbocycles. The molecule has 0 saturated heterocycles. The van der Waals surface area contributed by atoms with Gasteiger partial charge in [0.05, 0.1) is 11.6 Å². The number of hydrogen-bond acceptors (Lipinski definition) is 2. The van der Waals surface area contributed by atoms with Gasteiger partial charge < -0.3 is 0 Å². The monoisotopic (exact) mass is 321 g/mol. The van der Waals surface area contributed by atoms with E-state index in [1.165, 1.54) is 6.08 Å². The highest BCUT2D eigenvalue weighted by Crippen LogP contribution is 2.22. The number of benzene rings is 3. The molecule has 0 spiro atoms. The maximum Gasteiger partial charge on any atom is 0.193 e. The zero-order valence-electron chi connectivity index (χ0n) is 13.5. The first kappa shape index (κ1) is 16.2. The SMILES string of the molecule is N#Cc1ccc(C(=O)C=C=C(c2ccccc2)c2ccccc2)cc1. The summed E-state index contributed by atoms with van der Waals surface area (Å²) in [5.41, 5.74) is 7.08. The Kier molecular flexibility index (Phi) is 5.02. The fourth-order valence-corrected chi connectivity index (χ4v) is 2.47. The smallest absolute Gasteiger partial charge is 0.193 e. The topological polar surface area (TPSA) is 40.9 Å². The van der Waals surface area contributed by atoms with Crippen LogP contribution < -0.4 is 0 Å². The third kappa shape index (κ3) is 4.00. The lowest BCUT2D eigenvalue weighted by Gasteiger charge is -2.05. The van der Waals surface area contributed by atoms with Crippen molar-refractivity contribution in [2.45, 2.75) is 0 Å². The second-order valence-electron chi connectivity index (χ2n) is 5.45. The lowest BCUT2D eigenvalue weighted by Crippen LogP contribution is -1.94. The number of hydrogen-bond donors (Lipinski definition) is 0. The van der Waals surface area contributed by atoms with Gasteiger partial charge in [-0.15, -0.1) is 5.73 Å². The van der Waals surface area contributed by atoms with Crippen molar-refractivity contribution in [1.29, 1.82) is 5.26 Å². The molecule has 25 heavy (non-hydrogen) atoms. The normalized spacial score (nSPS) is 9.56. The first-order valence-corrected chi connectivity index (χ1v) is 7.90. The molecule has 118 valence electrons. The summed E-state index contributed by atoms with van der Waals surface area (Å²) in [5.74, 6) is -0.145. The molecule has 0 atom stereocenters. The van der Waals surface area contributed by atoms with E-state index in [-0.39, 0.29) is 5.78 Å². The third-order valence-corrected chi connectivity index (χ3v) is 3.77. The van der Waals surface area contributed by atoms with Gasteiger partial charge in [0.15, 0.2) is 5.78 Å². The Morgan fingerprint density at radius 1 is 0.720 bits per heavy atom. The number of rotatable bonds is 4. The second kappa shape index (κ2) is 7.75. The largest absolute Gasteiger partial charge is 0.289 e. The van der Waals surface area contributed by atoms with E-state index in [0.717, 1.165) is 16.7 Å². The molecule has 0 N–H and O–H groups in total. The predicted octanol–water partition coefficient (Wildman–Crippen LogP) is 5.03. The summed E-state index contributed by atoms with van der Waals surface area (Å²) in [4.78, 5) is 12.4. The average molecular weight is 321 g/mol. The van der Waals surface area contributed by atoms with Crippen LogP contribution in [0.5, 0.6) is 0 Å². The number of allylic oxidation sites excluding steroid dienone is 1. The Balaban J connectivity index is 2.01. The van der Waals surface area contributed by atoms with Crippen LogP contribution in [0, 0.1) is 11.3 Å². The first-order valence-electron chi connectivity index (χ1n) is 7.90. The van der Waals surface area contributed by atoms with Gasteiger partial charge in [-0.05, 0) is 35.4 Å². The van der Waals surface area contributed by atoms with Crippen molar-refractivity contribution in [2.24, 2.45) is 0 Å². The van der Waals surface area contributed by atoms with E-state index in [9.17, 15) is 4.79 Å². The minimum Gasteiger partial charge on any atom is -0.289 e. The van der Waals surface area contributed by atoms with Crippen molar-refractivity contribution < 1.29 is 4.79 Å². The molecule has 0 amide bonds. The highest BCUT2D eigenvalue weighted by atomic mass is 16.1. The van der Waals surface area contributed by atoms with Crippen molar-refractivity contribution in [3.05, 3.63) is 119 Å². The molecule has 3 aromatic carbocycles. The van der Waals surface area contributed by atoms with Gasteiger partial charge in [-0.3, -0.25) is 4.79 Å². The number of carbonyl (C=O) groups is 1. The molecule has 0 aliphatic rings. The van der Waals surface area contributed by atoms with Gasteiger partial charge in [0.2, 0.25) is 0 Å². The van der Waals surface area contributed by atoms with Crippen LogP contribution in [0.15, 0.2) is 96.7 Å². The molecule has 0 aliphatic heterocycles. The Morgan fingerprint density at radius 3 is 1.72 bits per heavy atom. The van der Waals surface area contributed by atoms with E-state index in [1.54, 1.807) is 24.3 Å². The lowest BCUT2D eigenvalue weighted by atomic mass is 9.98. The Labute approximate surface area is 147 Å². The third-order valence-electron chi connectivity index (χ3n) is 3.77. The van der Waals surface area contributed by atoms with Crippen LogP contribution in [-0.4, -0.2) is 5.78 Å². The molecule has 3 rings (SSSR count). The van der Waals surface area contributed by atoms with Gasteiger partial charge in [-0.2, -0.15) is 5.26 Å². The molecular weight excluding hydrogens is 306 g/mol. The van der Waals surface area contributed by atoms with Gasteiger partial charge in [0.25, 0.3) is 0 Å². The molecule has 0 saturated carbocycles. The van der Waals surface area contributed by atoms with Gasteiger partial charge in [0.1, 0.15) is 0 Å². The number of nitrogens with zero attached hydrogens (tertiary/aromatic N) is 1.